The van der Waals surface area contributed by atoms with Crippen LogP contribution in [0.3, 0.4) is 0 Å². The number of nitrogens with two attached hydrogens (primary N) is 1. The Labute approximate surface area is 127 Å². The Morgan fingerprint density at radius 1 is 1.38 bits per heavy atom. The molecule has 0 saturated heterocycles. The lowest BCUT2D eigenvalue weighted by Gasteiger charge is -2.06. The SMILES string of the molecule is COCCCNc1sc(C(=O)C2CC2)c(N)c1C(=O)OC. The first-order chi connectivity index (χ1) is 10.1. The van der Waals surface area contributed by atoms with Gasteiger partial charge < -0.3 is 20.5 Å². The zero-order chi connectivity index (χ0) is 15.4. The summed E-state index contributed by atoms with van der Waals surface area (Å²) in [7, 11) is 2.94. The van der Waals surface area contributed by atoms with Crippen molar-refractivity contribution in [1.82, 2.24) is 0 Å². The van der Waals surface area contributed by atoms with Crippen LogP contribution in [0.2, 0.25) is 0 Å². The van der Waals surface area contributed by atoms with Gasteiger partial charge in [-0.1, -0.05) is 0 Å². The standard InChI is InChI=1S/C14H20N2O4S/c1-19-7-3-6-16-13-9(14(18)20-2)10(15)12(21-13)11(17)8-4-5-8/h8,16H,3-7,15H2,1-2H3. The summed E-state index contributed by atoms with van der Waals surface area (Å²) in [5.74, 6) is -0.418. The van der Waals surface area contributed by atoms with E-state index in [4.69, 9.17) is 15.2 Å². The second-order valence-electron chi connectivity index (χ2n) is 4.95. The van der Waals surface area contributed by atoms with Crippen LogP contribution >= 0.6 is 11.3 Å². The average molecular weight is 312 g/mol. The van der Waals surface area contributed by atoms with Gasteiger partial charge in [0, 0.05) is 26.2 Å². The van der Waals surface area contributed by atoms with E-state index >= 15 is 0 Å². The lowest BCUT2D eigenvalue weighted by Crippen LogP contribution is -2.10. The van der Waals surface area contributed by atoms with E-state index in [1.165, 1.54) is 18.4 Å². The number of hydrogen-bond donors (Lipinski definition) is 2. The molecule has 0 radical (unpaired) electrons. The summed E-state index contributed by atoms with van der Waals surface area (Å²) in [4.78, 5) is 24.6. The van der Waals surface area contributed by atoms with Crippen LogP contribution in [0.4, 0.5) is 10.7 Å². The molecule has 1 aromatic heterocycles. The average Bonchev–Trinajstić information content (AvgIpc) is 3.27. The van der Waals surface area contributed by atoms with Crippen molar-refractivity contribution >= 4 is 33.8 Å². The number of methoxy groups -OCH3 is 2. The minimum atomic E-state index is -0.521. The zero-order valence-corrected chi connectivity index (χ0v) is 13.0. The number of carbonyl (C=O) groups is 2. The summed E-state index contributed by atoms with van der Waals surface area (Å²) in [5, 5.41) is 3.74. The molecule has 1 fully saturated rings. The second kappa shape index (κ2) is 6.91. The minimum Gasteiger partial charge on any atom is -0.465 e. The Kier molecular flexibility index (Phi) is 5.19. The van der Waals surface area contributed by atoms with Crippen molar-refractivity contribution in [2.45, 2.75) is 19.3 Å². The van der Waals surface area contributed by atoms with Crippen molar-refractivity contribution in [2.24, 2.45) is 5.92 Å². The number of Topliss-reactive ketones (excluding diaryl/α,β-unsaturated/α-hetero) is 1. The predicted molar refractivity (Wildman–Crippen MR) is 82.1 cm³/mol. The number of ether oxygens (including phenoxy) is 2. The van der Waals surface area contributed by atoms with Gasteiger partial charge in [0.2, 0.25) is 0 Å². The number of esters is 1. The third-order valence-corrected chi connectivity index (χ3v) is 4.50. The van der Waals surface area contributed by atoms with E-state index in [2.05, 4.69) is 5.32 Å². The fourth-order valence-corrected chi connectivity index (χ4v) is 3.16. The molecule has 1 heterocycles. The Morgan fingerprint density at radius 2 is 2.10 bits per heavy atom. The summed E-state index contributed by atoms with van der Waals surface area (Å²) in [6.45, 7) is 1.25. The van der Waals surface area contributed by atoms with Gasteiger partial charge in [-0.3, -0.25) is 4.79 Å². The van der Waals surface area contributed by atoms with Crippen LogP contribution in [-0.2, 0) is 9.47 Å². The molecule has 1 aromatic rings. The van der Waals surface area contributed by atoms with Crippen molar-refractivity contribution in [1.29, 1.82) is 0 Å². The molecule has 6 nitrogen and oxygen atoms in total. The molecule has 0 bridgehead atoms. The summed E-state index contributed by atoms with van der Waals surface area (Å²) in [6, 6.07) is 0. The molecule has 0 atom stereocenters. The Balaban J connectivity index is 2.21. The van der Waals surface area contributed by atoms with E-state index in [-0.39, 0.29) is 23.0 Å². The molecule has 0 aliphatic heterocycles. The smallest absolute Gasteiger partial charge is 0.343 e. The Morgan fingerprint density at radius 3 is 2.67 bits per heavy atom. The van der Waals surface area contributed by atoms with Gasteiger partial charge in [-0.05, 0) is 19.3 Å². The van der Waals surface area contributed by atoms with Gasteiger partial charge in [0.05, 0.1) is 17.7 Å². The van der Waals surface area contributed by atoms with Crippen LogP contribution in [0.15, 0.2) is 0 Å². The normalized spacial score (nSPS) is 14.0. The van der Waals surface area contributed by atoms with Gasteiger partial charge in [-0.2, -0.15) is 0 Å². The summed E-state index contributed by atoms with van der Waals surface area (Å²) in [5.41, 5.74) is 6.50. The maximum absolute atomic E-state index is 12.2. The van der Waals surface area contributed by atoms with Crippen LogP contribution in [0.1, 0.15) is 39.3 Å². The lowest BCUT2D eigenvalue weighted by molar-refractivity contribution is 0.0603. The van der Waals surface area contributed by atoms with Gasteiger partial charge in [0.1, 0.15) is 10.6 Å². The molecule has 2 rings (SSSR count). The molecule has 0 aromatic carbocycles. The van der Waals surface area contributed by atoms with Crippen molar-refractivity contribution in [3.63, 3.8) is 0 Å². The monoisotopic (exact) mass is 312 g/mol. The second-order valence-corrected chi connectivity index (χ2v) is 5.97. The molecular weight excluding hydrogens is 292 g/mol. The largest absolute Gasteiger partial charge is 0.465 e. The van der Waals surface area contributed by atoms with Gasteiger partial charge in [-0.25, -0.2) is 4.79 Å². The number of anilines is 2. The van der Waals surface area contributed by atoms with Gasteiger partial charge in [0.25, 0.3) is 0 Å². The summed E-state index contributed by atoms with van der Waals surface area (Å²) in [6.07, 6.45) is 2.60. The van der Waals surface area contributed by atoms with Crippen LogP contribution in [0.5, 0.6) is 0 Å². The molecule has 0 amide bonds. The van der Waals surface area contributed by atoms with Crippen LogP contribution in [0, 0.1) is 5.92 Å². The molecule has 21 heavy (non-hydrogen) atoms. The Hall–Kier alpha value is -1.60. The van der Waals surface area contributed by atoms with Crippen molar-refractivity contribution < 1.29 is 19.1 Å². The fourth-order valence-electron chi connectivity index (χ4n) is 2.01. The molecule has 0 spiro atoms. The third-order valence-electron chi connectivity index (χ3n) is 3.32. The highest BCUT2D eigenvalue weighted by atomic mass is 32.1. The van der Waals surface area contributed by atoms with Crippen LogP contribution in [-0.4, -0.2) is 39.1 Å². The molecule has 0 unspecified atom stereocenters. The van der Waals surface area contributed by atoms with E-state index in [9.17, 15) is 9.59 Å². The maximum Gasteiger partial charge on any atom is 0.343 e. The number of carbonyl (C=O) groups excluding carboxylic acids is 2. The molecular formula is C14H20N2O4S. The van der Waals surface area contributed by atoms with Crippen LogP contribution in [0.25, 0.3) is 0 Å². The molecule has 116 valence electrons. The van der Waals surface area contributed by atoms with Gasteiger partial charge >= 0.3 is 5.97 Å². The quantitative estimate of drug-likeness (QED) is 0.434. The summed E-state index contributed by atoms with van der Waals surface area (Å²) >= 11 is 1.24. The topological polar surface area (TPSA) is 90.6 Å². The Bertz CT molecular complexity index is 537. The van der Waals surface area contributed by atoms with Crippen molar-refractivity contribution in [3.8, 4) is 0 Å². The summed E-state index contributed by atoms with van der Waals surface area (Å²) < 4.78 is 9.74. The molecule has 1 aliphatic rings. The molecule has 1 aliphatic carbocycles. The third kappa shape index (κ3) is 3.54. The fraction of sp³-hybridized carbons (Fsp3) is 0.571. The molecule has 1 saturated carbocycles. The number of nitrogens with one attached hydrogen (secondary N) is 1. The highest BCUT2D eigenvalue weighted by Crippen LogP contribution is 2.41. The number of thiophene rings is 1. The first-order valence-electron chi connectivity index (χ1n) is 6.87. The predicted octanol–water partition coefficient (Wildman–Crippen LogP) is 2.16. The highest BCUT2D eigenvalue weighted by Gasteiger charge is 2.35. The van der Waals surface area contributed by atoms with Crippen LogP contribution < -0.4 is 11.1 Å². The lowest BCUT2D eigenvalue weighted by atomic mass is 10.1. The van der Waals surface area contributed by atoms with E-state index in [1.807, 2.05) is 0 Å². The first kappa shape index (κ1) is 15.8. The maximum atomic E-state index is 12.2. The van der Waals surface area contributed by atoms with E-state index in [0.717, 1.165) is 19.3 Å². The van der Waals surface area contributed by atoms with Crippen molar-refractivity contribution in [2.75, 3.05) is 38.4 Å². The first-order valence-corrected chi connectivity index (χ1v) is 7.69. The van der Waals surface area contributed by atoms with E-state index in [0.29, 0.717) is 23.0 Å². The number of rotatable bonds is 8. The van der Waals surface area contributed by atoms with Crippen molar-refractivity contribution in [3.05, 3.63) is 10.4 Å². The minimum absolute atomic E-state index is 0.0348. The number of nitrogen functional groups attached to an aromatic ring is 1. The van der Waals surface area contributed by atoms with E-state index in [1.54, 1.807) is 7.11 Å². The molecule has 7 heteroatoms. The number of ketones is 1. The van der Waals surface area contributed by atoms with Gasteiger partial charge in [-0.15, -0.1) is 11.3 Å². The number of hydrogen-bond acceptors (Lipinski definition) is 7. The zero-order valence-electron chi connectivity index (χ0n) is 12.2. The van der Waals surface area contributed by atoms with E-state index < -0.39 is 5.97 Å². The highest BCUT2D eigenvalue weighted by molar-refractivity contribution is 7.19. The van der Waals surface area contributed by atoms with Gasteiger partial charge in [0.15, 0.2) is 5.78 Å². The molecule has 3 N–H and O–H groups in total.